The predicted molar refractivity (Wildman–Crippen MR) is 79.8 cm³/mol. The fraction of sp³-hybridized carbons (Fsp3) is 0.692. The number of halogens is 1. The number of aliphatic hydroxyl groups is 1. The van der Waals surface area contributed by atoms with Crippen LogP contribution in [0.5, 0.6) is 0 Å². The third-order valence-electron chi connectivity index (χ3n) is 3.73. The molecule has 0 amide bonds. The summed E-state index contributed by atoms with van der Waals surface area (Å²) in [5.74, 6) is 0.385. The maximum Gasteiger partial charge on any atom is 0.0702 e. The van der Waals surface area contributed by atoms with Crippen LogP contribution in [0.1, 0.15) is 36.6 Å². The van der Waals surface area contributed by atoms with Crippen molar-refractivity contribution in [2.75, 3.05) is 13.2 Å². The van der Waals surface area contributed by atoms with E-state index in [0.29, 0.717) is 18.5 Å². The quantitative estimate of drug-likeness (QED) is 0.776. The minimum atomic E-state index is 0.207. The smallest absolute Gasteiger partial charge is 0.0702 e. The van der Waals surface area contributed by atoms with Crippen LogP contribution in [0, 0.1) is 5.92 Å². The van der Waals surface area contributed by atoms with Gasteiger partial charge >= 0.3 is 0 Å². The molecule has 18 heavy (non-hydrogen) atoms. The summed E-state index contributed by atoms with van der Waals surface area (Å²) >= 11 is 5.22. The summed E-state index contributed by atoms with van der Waals surface area (Å²) < 4.78 is 1.14. The van der Waals surface area contributed by atoms with E-state index in [9.17, 15) is 5.11 Å². The van der Waals surface area contributed by atoms with Crippen LogP contribution in [0.2, 0.25) is 0 Å². The second-order valence-electron chi connectivity index (χ2n) is 4.93. The fourth-order valence-corrected chi connectivity index (χ4v) is 4.18. The van der Waals surface area contributed by atoms with Crippen LogP contribution in [0.3, 0.4) is 0 Å². The number of hydrogen-bond donors (Lipinski definition) is 3. The van der Waals surface area contributed by atoms with Crippen molar-refractivity contribution in [1.29, 1.82) is 0 Å². The molecule has 0 saturated heterocycles. The molecule has 5 heteroatoms. The van der Waals surface area contributed by atoms with Gasteiger partial charge in [-0.3, -0.25) is 0 Å². The molecule has 1 fully saturated rings. The van der Waals surface area contributed by atoms with E-state index in [4.69, 9.17) is 5.73 Å². The predicted octanol–water partition coefficient (Wildman–Crippen LogP) is 2.65. The van der Waals surface area contributed by atoms with Gasteiger partial charge in [0.15, 0.2) is 0 Å². The van der Waals surface area contributed by atoms with Crippen molar-refractivity contribution in [3.05, 3.63) is 20.8 Å². The molecule has 4 N–H and O–H groups in total. The van der Waals surface area contributed by atoms with Gasteiger partial charge in [0.05, 0.1) is 9.83 Å². The third kappa shape index (κ3) is 3.54. The highest BCUT2D eigenvalue weighted by Crippen LogP contribution is 2.30. The lowest BCUT2D eigenvalue weighted by Crippen LogP contribution is -2.43. The van der Waals surface area contributed by atoms with E-state index >= 15 is 0 Å². The molecular formula is C13H21BrN2OS. The molecule has 1 heterocycles. The van der Waals surface area contributed by atoms with E-state index in [1.165, 1.54) is 17.7 Å². The van der Waals surface area contributed by atoms with E-state index in [-0.39, 0.29) is 12.6 Å². The molecule has 3 nitrogen and oxygen atoms in total. The molecule has 2 rings (SSSR count). The number of rotatable bonds is 5. The fourth-order valence-electron chi connectivity index (χ4n) is 2.69. The zero-order valence-electron chi connectivity index (χ0n) is 10.4. The topological polar surface area (TPSA) is 58.3 Å². The molecule has 1 aromatic rings. The Morgan fingerprint density at radius 1 is 1.44 bits per heavy atom. The highest BCUT2D eigenvalue weighted by molar-refractivity contribution is 9.11. The maximum absolute atomic E-state index is 9.45. The Hall–Kier alpha value is 0.0600. The Kier molecular flexibility index (Phi) is 5.63. The second-order valence-corrected chi connectivity index (χ2v) is 7.43. The van der Waals surface area contributed by atoms with Gasteiger partial charge in [-0.15, -0.1) is 11.3 Å². The van der Waals surface area contributed by atoms with Gasteiger partial charge in [0.2, 0.25) is 0 Å². The van der Waals surface area contributed by atoms with Crippen molar-refractivity contribution in [3.63, 3.8) is 0 Å². The van der Waals surface area contributed by atoms with E-state index in [1.807, 2.05) is 0 Å². The van der Waals surface area contributed by atoms with Crippen LogP contribution in [-0.2, 0) is 0 Å². The molecule has 0 radical (unpaired) electrons. The first-order chi connectivity index (χ1) is 8.74. The minimum Gasteiger partial charge on any atom is -0.396 e. The van der Waals surface area contributed by atoms with Crippen molar-refractivity contribution in [1.82, 2.24) is 5.32 Å². The lowest BCUT2D eigenvalue weighted by Gasteiger charge is -2.33. The van der Waals surface area contributed by atoms with E-state index in [2.05, 4.69) is 33.4 Å². The third-order valence-corrected chi connectivity index (χ3v) is 5.47. The number of nitrogens with two attached hydrogens (primary N) is 1. The molecule has 1 aromatic heterocycles. The summed E-state index contributed by atoms with van der Waals surface area (Å²) in [7, 11) is 0. The van der Waals surface area contributed by atoms with Crippen molar-refractivity contribution in [2.45, 2.75) is 37.8 Å². The van der Waals surface area contributed by atoms with Gasteiger partial charge in [-0.1, -0.05) is 12.8 Å². The van der Waals surface area contributed by atoms with Gasteiger partial charge in [-0.25, -0.2) is 0 Å². The number of thiophene rings is 1. The number of nitrogens with one attached hydrogen (secondary N) is 1. The summed E-state index contributed by atoms with van der Waals surface area (Å²) in [5, 5.41) is 13.1. The van der Waals surface area contributed by atoms with Gasteiger partial charge in [-0.2, -0.15) is 0 Å². The van der Waals surface area contributed by atoms with Gasteiger partial charge in [0.25, 0.3) is 0 Å². The average Bonchev–Trinajstić information content (AvgIpc) is 2.83. The van der Waals surface area contributed by atoms with Crippen LogP contribution >= 0.6 is 27.3 Å². The average molecular weight is 333 g/mol. The standard InChI is InChI=1S/C13H21BrN2OS/c14-13-6-5-12(18-13)11(7-15)16-10-4-2-1-3-9(10)8-17/h5-6,9-11,16-17H,1-4,7-8,15H2. The molecule has 0 spiro atoms. The summed E-state index contributed by atoms with van der Waals surface area (Å²) in [6, 6.07) is 4.79. The summed E-state index contributed by atoms with van der Waals surface area (Å²) in [4.78, 5) is 1.27. The zero-order valence-corrected chi connectivity index (χ0v) is 12.8. The van der Waals surface area contributed by atoms with Crippen molar-refractivity contribution < 1.29 is 5.11 Å². The van der Waals surface area contributed by atoms with Crippen LogP contribution in [0.25, 0.3) is 0 Å². The summed E-state index contributed by atoms with van der Waals surface area (Å²) in [6.45, 7) is 0.880. The maximum atomic E-state index is 9.45. The van der Waals surface area contributed by atoms with Crippen molar-refractivity contribution in [2.24, 2.45) is 11.7 Å². The Morgan fingerprint density at radius 3 is 2.83 bits per heavy atom. The van der Waals surface area contributed by atoms with Gasteiger partial charge in [0, 0.05) is 24.1 Å². The second kappa shape index (κ2) is 7.01. The molecule has 0 aliphatic heterocycles. The Balaban J connectivity index is 2.00. The Morgan fingerprint density at radius 2 is 2.22 bits per heavy atom. The summed E-state index contributed by atoms with van der Waals surface area (Å²) in [5.41, 5.74) is 5.88. The molecule has 1 aliphatic rings. The largest absolute Gasteiger partial charge is 0.396 e. The molecular weight excluding hydrogens is 312 g/mol. The Bertz CT molecular complexity index is 372. The minimum absolute atomic E-state index is 0.207. The van der Waals surface area contributed by atoms with Gasteiger partial charge in [-0.05, 0) is 46.8 Å². The van der Waals surface area contributed by atoms with Crippen LogP contribution in [0.4, 0.5) is 0 Å². The molecule has 0 bridgehead atoms. The first-order valence-corrected chi connectivity index (χ1v) is 8.17. The normalized spacial score (nSPS) is 26.2. The monoisotopic (exact) mass is 332 g/mol. The first-order valence-electron chi connectivity index (χ1n) is 6.56. The van der Waals surface area contributed by atoms with Crippen LogP contribution in [0.15, 0.2) is 15.9 Å². The molecule has 3 unspecified atom stereocenters. The highest BCUT2D eigenvalue weighted by atomic mass is 79.9. The lowest BCUT2D eigenvalue weighted by molar-refractivity contribution is 0.146. The van der Waals surface area contributed by atoms with Crippen molar-refractivity contribution in [3.8, 4) is 0 Å². The Labute approximate surface area is 121 Å². The molecule has 3 atom stereocenters. The van der Waals surface area contributed by atoms with Crippen LogP contribution < -0.4 is 11.1 Å². The van der Waals surface area contributed by atoms with E-state index < -0.39 is 0 Å². The number of hydrogen-bond acceptors (Lipinski definition) is 4. The molecule has 1 aliphatic carbocycles. The zero-order chi connectivity index (χ0) is 13.0. The van der Waals surface area contributed by atoms with Gasteiger partial charge in [0.1, 0.15) is 0 Å². The van der Waals surface area contributed by atoms with Crippen LogP contribution in [-0.4, -0.2) is 24.3 Å². The summed E-state index contributed by atoms with van der Waals surface area (Å²) in [6.07, 6.45) is 4.76. The molecule has 102 valence electrons. The highest BCUT2D eigenvalue weighted by Gasteiger charge is 2.27. The van der Waals surface area contributed by atoms with Gasteiger partial charge < -0.3 is 16.2 Å². The van der Waals surface area contributed by atoms with E-state index in [1.54, 1.807) is 11.3 Å². The molecule has 0 aromatic carbocycles. The lowest BCUT2D eigenvalue weighted by atomic mass is 9.84. The number of aliphatic hydroxyl groups excluding tert-OH is 1. The SMILES string of the molecule is NCC(NC1CCCCC1CO)c1ccc(Br)s1. The first kappa shape index (κ1) is 14.5. The van der Waals surface area contributed by atoms with Crippen molar-refractivity contribution >= 4 is 27.3 Å². The van der Waals surface area contributed by atoms with E-state index in [0.717, 1.165) is 16.6 Å². The molecule has 1 saturated carbocycles.